The Morgan fingerprint density at radius 2 is 1.68 bits per heavy atom. The molecule has 0 aliphatic carbocycles. The Kier molecular flexibility index (Phi) is 6.33. The summed E-state index contributed by atoms with van der Waals surface area (Å²) in [6, 6.07) is 14.4. The van der Waals surface area contributed by atoms with Gasteiger partial charge in [-0.25, -0.2) is 4.79 Å². The second-order valence-electron chi connectivity index (χ2n) is 6.53. The van der Waals surface area contributed by atoms with Crippen molar-refractivity contribution in [1.82, 2.24) is 8.61 Å². The van der Waals surface area contributed by atoms with Crippen molar-refractivity contribution in [1.29, 1.82) is 0 Å². The van der Waals surface area contributed by atoms with Gasteiger partial charge in [-0.1, -0.05) is 30.3 Å². The van der Waals surface area contributed by atoms with E-state index < -0.39 is 16.2 Å². The van der Waals surface area contributed by atoms with Gasteiger partial charge >= 0.3 is 5.97 Å². The van der Waals surface area contributed by atoms with Crippen LogP contribution in [0.1, 0.15) is 27.9 Å². The molecule has 1 fully saturated rings. The molecule has 0 radical (unpaired) electrons. The van der Waals surface area contributed by atoms with E-state index in [1.165, 1.54) is 22.8 Å². The van der Waals surface area contributed by atoms with Gasteiger partial charge in [-0.15, -0.1) is 0 Å². The van der Waals surface area contributed by atoms with Gasteiger partial charge in [-0.3, -0.25) is 0 Å². The molecule has 2 aromatic carbocycles. The highest BCUT2D eigenvalue weighted by Crippen LogP contribution is 2.26. The maximum atomic E-state index is 13.1. The fourth-order valence-electron chi connectivity index (χ4n) is 3.26. The van der Waals surface area contributed by atoms with E-state index in [0.29, 0.717) is 36.5 Å². The van der Waals surface area contributed by atoms with Crippen molar-refractivity contribution in [2.75, 3.05) is 27.3 Å². The third-order valence-corrected chi connectivity index (χ3v) is 6.65. The van der Waals surface area contributed by atoms with E-state index in [-0.39, 0.29) is 6.54 Å². The molecule has 8 heteroatoms. The SMILES string of the molecule is COC(=O)c1ccc(OC)c(CN2CCCN(Cc3ccccc3)S2(=O)=O)c1. The zero-order valence-electron chi connectivity index (χ0n) is 16.0. The number of nitrogens with zero attached hydrogens (tertiary/aromatic N) is 2. The van der Waals surface area contributed by atoms with Crippen LogP contribution in [0.2, 0.25) is 0 Å². The van der Waals surface area contributed by atoms with Crippen molar-refractivity contribution in [3.8, 4) is 5.75 Å². The highest BCUT2D eigenvalue weighted by Gasteiger charge is 2.34. The van der Waals surface area contributed by atoms with E-state index in [9.17, 15) is 13.2 Å². The van der Waals surface area contributed by atoms with E-state index in [1.54, 1.807) is 18.2 Å². The predicted octanol–water partition coefficient (Wildman–Crippen LogP) is 2.43. The fraction of sp³-hybridized carbons (Fsp3) is 0.350. The molecule has 28 heavy (non-hydrogen) atoms. The molecule has 0 unspecified atom stereocenters. The minimum absolute atomic E-state index is 0.127. The molecular formula is C20H24N2O5S. The summed E-state index contributed by atoms with van der Waals surface area (Å²) < 4.78 is 39.3. The summed E-state index contributed by atoms with van der Waals surface area (Å²) in [5.74, 6) is 0.0548. The third kappa shape index (κ3) is 4.35. The maximum Gasteiger partial charge on any atom is 0.337 e. The Bertz CT molecular complexity index is 931. The number of carbonyl (C=O) groups excluding carboxylic acids is 1. The molecule has 0 N–H and O–H groups in total. The minimum atomic E-state index is -3.63. The normalized spacial score (nSPS) is 17.2. The van der Waals surface area contributed by atoms with Crippen LogP contribution in [0.15, 0.2) is 48.5 Å². The summed E-state index contributed by atoms with van der Waals surface area (Å²) in [5.41, 5.74) is 1.92. The molecule has 1 aliphatic rings. The number of hydrogen-bond donors (Lipinski definition) is 0. The molecule has 0 atom stereocenters. The van der Waals surface area contributed by atoms with Crippen molar-refractivity contribution in [3.63, 3.8) is 0 Å². The smallest absolute Gasteiger partial charge is 0.337 e. The Morgan fingerprint density at radius 1 is 1.00 bits per heavy atom. The zero-order chi connectivity index (χ0) is 20.1. The Hall–Kier alpha value is -2.42. The highest BCUT2D eigenvalue weighted by atomic mass is 32.2. The van der Waals surface area contributed by atoms with Gasteiger partial charge in [0.05, 0.1) is 19.8 Å². The first kappa shape index (κ1) is 20.3. The Morgan fingerprint density at radius 3 is 2.32 bits per heavy atom. The topological polar surface area (TPSA) is 76.2 Å². The molecule has 0 saturated carbocycles. The standard InChI is InChI=1S/C20H24N2O5S/c1-26-19-10-9-17(20(23)27-2)13-18(19)15-22-12-6-11-21(28(22,24)25)14-16-7-4-3-5-8-16/h3-5,7-10,13H,6,11-12,14-15H2,1-2H3. The van der Waals surface area contributed by atoms with Gasteiger partial charge in [0.1, 0.15) is 5.75 Å². The number of benzene rings is 2. The monoisotopic (exact) mass is 404 g/mol. The molecule has 0 aromatic heterocycles. The number of carbonyl (C=O) groups is 1. The summed E-state index contributed by atoms with van der Waals surface area (Å²) in [6.45, 7) is 1.35. The average molecular weight is 404 g/mol. The highest BCUT2D eigenvalue weighted by molar-refractivity contribution is 7.86. The van der Waals surface area contributed by atoms with Crippen LogP contribution in [0.25, 0.3) is 0 Å². The molecule has 1 heterocycles. The number of ether oxygens (including phenoxy) is 2. The Balaban J connectivity index is 1.84. The summed E-state index contributed by atoms with van der Waals surface area (Å²) in [5, 5.41) is 0. The van der Waals surface area contributed by atoms with Gasteiger partial charge in [-0.05, 0) is 30.2 Å². The van der Waals surface area contributed by atoms with E-state index in [4.69, 9.17) is 9.47 Å². The van der Waals surface area contributed by atoms with Gasteiger partial charge in [0, 0.05) is 31.7 Å². The van der Waals surface area contributed by atoms with Crippen molar-refractivity contribution >= 4 is 16.2 Å². The second kappa shape index (κ2) is 8.72. The number of esters is 1. The lowest BCUT2D eigenvalue weighted by atomic mass is 10.1. The molecule has 2 aromatic rings. The molecule has 150 valence electrons. The van der Waals surface area contributed by atoms with Gasteiger partial charge in [0.25, 0.3) is 10.2 Å². The van der Waals surface area contributed by atoms with Crippen LogP contribution in [0, 0.1) is 0 Å². The quantitative estimate of drug-likeness (QED) is 0.691. The number of methoxy groups -OCH3 is 2. The van der Waals surface area contributed by atoms with Gasteiger partial charge < -0.3 is 9.47 Å². The van der Waals surface area contributed by atoms with Crippen LogP contribution in [-0.2, 0) is 28.0 Å². The number of rotatable bonds is 6. The molecule has 0 spiro atoms. The lowest BCUT2D eigenvalue weighted by Crippen LogP contribution is -2.48. The molecular weight excluding hydrogens is 380 g/mol. The summed E-state index contributed by atoms with van der Waals surface area (Å²) in [6.07, 6.45) is 0.727. The molecule has 1 aliphatic heterocycles. The third-order valence-electron chi connectivity index (χ3n) is 4.72. The van der Waals surface area contributed by atoms with Gasteiger partial charge in [-0.2, -0.15) is 17.0 Å². The Labute approximate surface area is 165 Å². The second-order valence-corrected chi connectivity index (χ2v) is 8.46. The van der Waals surface area contributed by atoms with Crippen LogP contribution in [0.5, 0.6) is 5.75 Å². The molecule has 7 nitrogen and oxygen atoms in total. The largest absolute Gasteiger partial charge is 0.496 e. The first-order chi connectivity index (χ1) is 13.5. The number of hydrogen-bond acceptors (Lipinski definition) is 5. The first-order valence-electron chi connectivity index (χ1n) is 9.00. The van der Waals surface area contributed by atoms with Gasteiger partial charge in [0.2, 0.25) is 0 Å². The van der Waals surface area contributed by atoms with Crippen LogP contribution in [-0.4, -0.2) is 50.3 Å². The average Bonchev–Trinajstić information content (AvgIpc) is 2.71. The van der Waals surface area contributed by atoms with Crippen molar-refractivity contribution in [3.05, 3.63) is 65.2 Å². The van der Waals surface area contributed by atoms with E-state index in [2.05, 4.69) is 0 Å². The van der Waals surface area contributed by atoms with Crippen LogP contribution in [0.3, 0.4) is 0 Å². The van der Waals surface area contributed by atoms with Crippen molar-refractivity contribution in [2.45, 2.75) is 19.5 Å². The van der Waals surface area contributed by atoms with Crippen LogP contribution in [0.4, 0.5) is 0 Å². The van der Waals surface area contributed by atoms with E-state index in [1.807, 2.05) is 30.3 Å². The molecule has 3 rings (SSSR count). The van der Waals surface area contributed by atoms with Gasteiger partial charge in [0.15, 0.2) is 0 Å². The first-order valence-corrected chi connectivity index (χ1v) is 10.4. The molecule has 0 bridgehead atoms. The van der Waals surface area contributed by atoms with Crippen LogP contribution < -0.4 is 4.74 Å². The summed E-state index contributed by atoms with van der Waals surface area (Å²) >= 11 is 0. The zero-order valence-corrected chi connectivity index (χ0v) is 16.8. The van der Waals surface area contributed by atoms with Crippen LogP contribution >= 0.6 is 0 Å². The lowest BCUT2D eigenvalue weighted by molar-refractivity contribution is 0.0600. The van der Waals surface area contributed by atoms with Crippen molar-refractivity contribution < 1.29 is 22.7 Å². The summed E-state index contributed by atoms with van der Waals surface area (Å²) in [7, 11) is -0.804. The van der Waals surface area contributed by atoms with E-state index >= 15 is 0 Å². The minimum Gasteiger partial charge on any atom is -0.496 e. The maximum absolute atomic E-state index is 13.1. The summed E-state index contributed by atoms with van der Waals surface area (Å²) in [4.78, 5) is 11.8. The fourth-order valence-corrected chi connectivity index (χ4v) is 4.92. The molecule has 1 saturated heterocycles. The van der Waals surface area contributed by atoms with E-state index in [0.717, 1.165) is 12.0 Å². The molecule has 0 amide bonds. The van der Waals surface area contributed by atoms with Crippen molar-refractivity contribution in [2.24, 2.45) is 0 Å². The predicted molar refractivity (Wildman–Crippen MR) is 105 cm³/mol. The lowest BCUT2D eigenvalue weighted by Gasteiger charge is -2.35.